The molecule has 3 N–H and O–H groups in total. The van der Waals surface area contributed by atoms with Crippen LogP contribution < -0.4 is 0 Å². The maximum Gasteiger partial charge on any atom is 0.701 e. The van der Waals surface area contributed by atoms with E-state index in [2.05, 4.69) is 0 Å². The van der Waals surface area contributed by atoms with Crippen LogP contribution >= 0.6 is 0 Å². The van der Waals surface area contributed by atoms with Crippen molar-refractivity contribution in [2.24, 2.45) is 17.8 Å². The Labute approximate surface area is 167 Å². The summed E-state index contributed by atoms with van der Waals surface area (Å²) in [6, 6.07) is 0. The molecular weight excluding hydrogens is 412 g/mol. The summed E-state index contributed by atoms with van der Waals surface area (Å²) in [5.41, 5.74) is 0. The third kappa shape index (κ3) is 10.2. The Bertz CT molecular complexity index is 584. The average Bonchev–Trinajstić information content (AvgIpc) is 2.52. The predicted octanol–water partition coefficient (Wildman–Crippen LogP) is 0.517. The summed E-state index contributed by atoms with van der Waals surface area (Å²) < 4.78 is 14.8. The number of rotatable bonds is 12. The molecule has 0 aliphatic heterocycles. The van der Waals surface area contributed by atoms with Gasteiger partial charge in [0, 0.05) is 6.55 Å². The van der Waals surface area contributed by atoms with Crippen LogP contribution in [0.1, 0.15) is 40.0 Å². The Morgan fingerprint density at radius 3 is 1.00 bits per heavy atom. The molecule has 0 rings (SSSR count). The molecule has 0 radical (unpaired) electrons. The second-order valence-electron chi connectivity index (χ2n) is 6.61. The lowest BCUT2D eigenvalue weighted by molar-refractivity contribution is -0.157. The Balaban J connectivity index is 5.33. The zero-order chi connectivity index (χ0) is 22.9. The average molecular weight is 436 g/mol. The second kappa shape index (κ2) is 11.1. The van der Waals surface area contributed by atoms with Gasteiger partial charge in [-0.3, -0.25) is 28.8 Å². The molecule has 3 unspecified atom stereocenters. The third-order valence-electron chi connectivity index (χ3n) is 3.58. The molecule has 0 aromatic rings. The van der Waals surface area contributed by atoms with Crippen molar-refractivity contribution >= 4 is 44.6 Å². The van der Waals surface area contributed by atoms with E-state index in [-0.39, 0.29) is 0 Å². The monoisotopic (exact) mass is 436 g/mol. The summed E-state index contributed by atoms with van der Waals surface area (Å²) in [5, 5.41) is 26.5. The van der Waals surface area contributed by atoms with Crippen LogP contribution in [0.2, 0.25) is 6.55 Å². The van der Waals surface area contributed by atoms with Gasteiger partial charge in [0.25, 0.3) is 17.9 Å². The zero-order valence-electron chi connectivity index (χ0n) is 16.4. The molecule has 0 saturated heterocycles. The second-order valence-corrected chi connectivity index (χ2v) is 8.95. The van der Waals surface area contributed by atoms with Crippen LogP contribution in [0.3, 0.4) is 0 Å². The van der Waals surface area contributed by atoms with Gasteiger partial charge in [0.2, 0.25) is 0 Å². The van der Waals surface area contributed by atoms with Gasteiger partial charge in [-0.25, -0.2) is 0 Å². The van der Waals surface area contributed by atoms with Crippen molar-refractivity contribution in [2.75, 3.05) is 0 Å². The maximum atomic E-state index is 12.0. The number of carbonyl (C=O) groups is 6. The SMILES string of the molecule is CC(CC(=O)O[Si](C)(OC(=O)CC(C)C(=O)O)OC(=O)CC(C)C(=O)O)C(=O)O. The van der Waals surface area contributed by atoms with Crippen molar-refractivity contribution in [1.29, 1.82) is 0 Å². The summed E-state index contributed by atoms with van der Waals surface area (Å²) in [7, 11) is -4.37. The van der Waals surface area contributed by atoms with E-state index in [1.54, 1.807) is 0 Å². The first-order chi connectivity index (χ1) is 13.2. The molecule has 0 amide bonds. The van der Waals surface area contributed by atoms with E-state index in [0.717, 1.165) is 6.55 Å². The first kappa shape index (κ1) is 26.0. The fourth-order valence-electron chi connectivity index (χ4n) is 1.82. The Morgan fingerprint density at radius 1 is 0.621 bits per heavy atom. The van der Waals surface area contributed by atoms with E-state index in [1.165, 1.54) is 20.8 Å². The summed E-state index contributed by atoms with van der Waals surface area (Å²) in [5.74, 6) is -10.6. The van der Waals surface area contributed by atoms with E-state index >= 15 is 0 Å². The minimum atomic E-state index is -4.37. The number of carboxylic acid groups (broad SMARTS) is 3. The topological polar surface area (TPSA) is 191 Å². The van der Waals surface area contributed by atoms with E-state index in [4.69, 9.17) is 28.6 Å². The number of hydrogen-bond donors (Lipinski definition) is 3. The fourth-order valence-corrected chi connectivity index (χ4v) is 3.44. The van der Waals surface area contributed by atoms with Crippen LogP contribution in [-0.4, -0.2) is 59.9 Å². The molecule has 0 fully saturated rings. The first-order valence-corrected chi connectivity index (χ1v) is 10.7. The van der Waals surface area contributed by atoms with E-state index in [9.17, 15) is 28.8 Å². The Hall–Kier alpha value is -2.96. The molecule has 0 bridgehead atoms. The van der Waals surface area contributed by atoms with Gasteiger partial charge < -0.3 is 28.6 Å². The summed E-state index contributed by atoms with van der Waals surface area (Å²) in [4.78, 5) is 68.5. The Morgan fingerprint density at radius 2 is 0.828 bits per heavy atom. The van der Waals surface area contributed by atoms with Gasteiger partial charge in [-0.2, -0.15) is 0 Å². The predicted molar refractivity (Wildman–Crippen MR) is 94.1 cm³/mol. The lowest BCUT2D eigenvalue weighted by Gasteiger charge is -2.25. The smallest absolute Gasteiger partial charge is 0.481 e. The van der Waals surface area contributed by atoms with E-state index in [1.807, 2.05) is 0 Å². The van der Waals surface area contributed by atoms with Crippen LogP contribution in [0.25, 0.3) is 0 Å². The lowest BCUT2D eigenvalue weighted by Crippen LogP contribution is -2.48. The van der Waals surface area contributed by atoms with Gasteiger partial charge in [0.15, 0.2) is 0 Å². The zero-order valence-corrected chi connectivity index (χ0v) is 17.4. The summed E-state index contributed by atoms with van der Waals surface area (Å²) >= 11 is 0. The van der Waals surface area contributed by atoms with Crippen molar-refractivity contribution < 1.29 is 57.4 Å². The lowest BCUT2D eigenvalue weighted by atomic mass is 10.1. The van der Waals surface area contributed by atoms with Crippen molar-refractivity contribution in [3.05, 3.63) is 0 Å². The van der Waals surface area contributed by atoms with Crippen LogP contribution in [0.5, 0.6) is 0 Å². The molecular formula is C16H24O12Si. The minimum absolute atomic E-state index is 0.607. The number of aliphatic carboxylic acids is 3. The largest absolute Gasteiger partial charge is 0.701 e. The molecule has 29 heavy (non-hydrogen) atoms. The van der Waals surface area contributed by atoms with Gasteiger partial charge in [-0.05, 0) is 0 Å². The molecule has 0 aliphatic carbocycles. The van der Waals surface area contributed by atoms with Crippen LogP contribution in [-0.2, 0) is 42.0 Å². The fraction of sp³-hybridized carbons (Fsp3) is 0.625. The van der Waals surface area contributed by atoms with Crippen LogP contribution in [0.4, 0.5) is 0 Å². The first-order valence-electron chi connectivity index (χ1n) is 8.50. The van der Waals surface area contributed by atoms with Crippen molar-refractivity contribution in [2.45, 2.75) is 46.6 Å². The normalized spacial score (nSPS) is 15.7. The molecule has 164 valence electrons. The number of carbonyl (C=O) groups excluding carboxylic acids is 3. The molecule has 12 nitrogen and oxygen atoms in total. The molecule has 13 heteroatoms. The standard InChI is InChI=1S/C16H24O12Si/c1-8(14(20)21)5-11(17)26-29(4,27-12(18)6-9(2)15(22)23)28-13(19)7-10(3)16(24)25/h8-10H,5-7H2,1-4H3,(H,20,21)(H,22,23)(H,24,25). The highest BCUT2D eigenvalue weighted by Gasteiger charge is 2.48. The minimum Gasteiger partial charge on any atom is -0.481 e. The molecule has 0 saturated carbocycles. The Kier molecular flexibility index (Phi) is 10.0. The maximum absolute atomic E-state index is 12.0. The summed E-state index contributed by atoms with van der Waals surface area (Å²) in [6.45, 7) is 4.68. The third-order valence-corrected chi connectivity index (χ3v) is 5.38. The number of hydrogen-bond acceptors (Lipinski definition) is 9. The van der Waals surface area contributed by atoms with Gasteiger partial charge in [0.1, 0.15) is 0 Å². The highest BCUT2D eigenvalue weighted by Crippen LogP contribution is 2.18. The highest BCUT2D eigenvalue weighted by molar-refractivity contribution is 6.64. The molecule has 0 heterocycles. The van der Waals surface area contributed by atoms with Gasteiger partial charge in [-0.15, -0.1) is 0 Å². The van der Waals surface area contributed by atoms with Crippen molar-refractivity contribution in [3.63, 3.8) is 0 Å². The van der Waals surface area contributed by atoms with Gasteiger partial charge in [0.05, 0.1) is 37.0 Å². The molecule has 0 spiro atoms. The highest BCUT2D eigenvalue weighted by atomic mass is 28.4. The van der Waals surface area contributed by atoms with Gasteiger partial charge in [-0.1, -0.05) is 20.8 Å². The quantitative estimate of drug-likeness (QED) is 0.360. The van der Waals surface area contributed by atoms with Crippen molar-refractivity contribution in [1.82, 2.24) is 0 Å². The molecule has 0 aliphatic rings. The van der Waals surface area contributed by atoms with Crippen LogP contribution in [0.15, 0.2) is 0 Å². The van der Waals surface area contributed by atoms with E-state index < -0.39 is 81.6 Å². The number of carboxylic acids is 3. The van der Waals surface area contributed by atoms with Crippen LogP contribution in [0, 0.1) is 17.8 Å². The summed E-state index contributed by atoms with van der Waals surface area (Å²) in [6.07, 6.45) is -1.82. The molecule has 0 aromatic carbocycles. The van der Waals surface area contributed by atoms with Gasteiger partial charge >= 0.3 is 26.7 Å². The molecule has 3 atom stereocenters. The van der Waals surface area contributed by atoms with Crippen molar-refractivity contribution in [3.8, 4) is 0 Å². The van der Waals surface area contributed by atoms with E-state index in [0.29, 0.717) is 0 Å². The molecule has 0 aromatic heterocycles.